The van der Waals surface area contributed by atoms with Gasteiger partial charge in [0.25, 0.3) is 0 Å². The fraction of sp³-hybridized carbons (Fsp3) is 0.600. The van der Waals surface area contributed by atoms with Crippen molar-refractivity contribution in [1.82, 2.24) is 5.32 Å². The highest BCUT2D eigenvalue weighted by molar-refractivity contribution is 7.93. The largest absolute Gasteiger partial charge is 0.491 e. The second-order valence-corrected chi connectivity index (χ2v) is 7.23. The number of hydrogen-bond acceptors (Lipinski definition) is 4. The maximum absolute atomic E-state index is 12.2. The van der Waals surface area contributed by atoms with E-state index in [0.717, 1.165) is 13.0 Å². The summed E-state index contributed by atoms with van der Waals surface area (Å²) in [5.41, 5.74) is 0.527. The summed E-state index contributed by atoms with van der Waals surface area (Å²) >= 11 is 0. The van der Waals surface area contributed by atoms with Crippen LogP contribution in [0.4, 0.5) is 5.69 Å². The Morgan fingerprint density at radius 3 is 2.57 bits per heavy atom. The zero-order valence-corrected chi connectivity index (χ0v) is 14.0. The SMILES string of the molecule is CCNCC(C)S(=O)(=O)Nc1cccc(OC(C)CC)c1. The summed E-state index contributed by atoms with van der Waals surface area (Å²) in [6.07, 6.45) is 1.000. The maximum Gasteiger partial charge on any atom is 0.236 e. The quantitative estimate of drug-likeness (QED) is 0.735. The minimum atomic E-state index is -3.40. The highest BCUT2D eigenvalue weighted by atomic mass is 32.2. The molecule has 1 aromatic carbocycles. The molecule has 0 fully saturated rings. The number of rotatable bonds is 9. The molecule has 0 aromatic heterocycles. The topological polar surface area (TPSA) is 67.4 Å². The molecule has 0 spiro atoms. The van der Waals surface area contributed by atoms with Crippen LogP contribution in [-0.4, -0.2) is 32.9 Å². The molecule has 0 saturated heterocycles. The van der Waals surface area contributed by atoms with Crippen molar-refractivity contribution in [1.29, 1.82) is 0 Å². The number of hydrogen-bond donors (Lipinski definition) is 2. The van der Waals surface area contributed by atoms with Crippen LogP contribution in [-0.2, 0) is 10.0 Å². The molecule has 120 valence electrons. The number of benzene rings is 1. The van der Waals surface area contributed by atoms with E-state index < -0.39 is 15.3 Å². The fourth-order valence-electron chi connectivity index (χ4n) is 1.67. The average Bonchev–Trinajstić information content (AvgIpc) is 2.44. The van der Waals surface area contributed by atoms with Crippen LogP contribution in [0.25, 0.3) is 0 Å². The molecular formula is C15H26N2O3S. The molecule has 0 radical (unpaired) electrons. The van der Waals surface area contributed by atoms with Gasteiger partial charge in [0.05, 0.1) is 17.0 Å². The van der Waals surface area contributed by atoms with E-state index in [9.17, 15) is 8.42 Å². The second-order valence-electron chi connectivity index (χ2n) is 5.13. The number of nitrogens with one attached hydrogen (secondary N) is 2. The van der Waals surface area contributed by atoms with Crippen molar-refractivity contribution in [2.45, 2.75) is 45.5 Å². The van der Waals surface area contributed by atoms with Crippen molar-refractivity contribution >= 4 is 15.7 Å². The molecular weight excluding hydrogens is 288 g/mol. The fourth-order valence-corrected chi connectivity index (χ4v) is 2.66. The Morgan fingerprint density at radius 1 is 1.24 bits per heavy atom. The van der Waals surface area contributed by atoms with Gasteiger partial charge in [0, 0.05) is 12.6 Å². The van der Waals surface area contributed by atoms with E-state index in [1.165, 1.54) is 0 Å². The predicted molar refractivity (Wildman–Crippen MR) is 87.4 cm³/mol. The molecule has 0 aliphatic heterocycles. The monoisotopic (exact) mass is 314 g/mol. The van der Waals surface area contributed by atoms with Crippen molar-refractivity contribution in [3.05, 3.63) is 24.3 Å². The van der Waals surface area contributed by atoms with E-state index >= 15 is 0 Å². The van der Waals surface area contributed by atoms with Crippen molar-refractivity contribution in [3.8, 4) is 5.75 Å². The van der Waals surface area contributed by atoms with Crippen LogP contribution in [0.15, 0.2) is 24.3 Å². The Labute approximate surface area is 128 Å². The van der Waals surface area contributed by atoms with Crippen molar-refractivity contribution in [2.24, 2.45) is 0 Å². The van der Waals surface area contributed by atoms with Gasteiger partial charge in [-0.05, 0) is 38.9 Å². The summed E-state index contributed by atoms with van der Waals surface area (Å²) in [6.45, 7) is 8.83. The van der Waals surface area contributed by atoms with Crippen LogP contribution >= 0.6 is 0 Å². The van der Waals surface area contributed by atoms with Gasteiger partial charge in [-0.2, -0.15) is 0 Å². The van der Waals surface area contributed by atoms with Gasteiger partial charge in [-0.15, -0.1) is 0 Å². The van der Waals surface area contributed by atoms with Gasteiger partial charge in [0.15, 0.2) is 0 Å². The summed E-state index contributed by atoms with van der Waals surface area (Å²) in [7, 11) is -3.40. The van der Waals surface area contributed by atoms with Crippen LogP contribution < -0.4 is 14.8 Å². The molecule has 0 saturated carbocycles. The third kappa shape index (κ3) is 5.93. The average molecular weight is 314 g/mol. The second kappa shape index (κ2) is 8.24. The molecule has 2 N–H and O–H groups in total. The van der Waals surface area contributed by atoms with E-state index in [1.807, 2.05) is 26.8 Å². The van der Waals surface area contributed by atoms with Gasteiger partial charge in [-0.3, -0.25) is 4.72 Å². The normalized spacial score (nSPS) is 14.5. The number of anilines is 1. The minimum absolute atomic E-state index is 0.101. The Bertz CT molecular complexity index is 531. The number of ether oxygens (including phenoxy) is 1. The van der Waals surface area contributed by atoms with E-state index in [2.05, 4.69) is 10.0 Å². The van der Waals surface area contributed by atoms with Crippen LogP contribution in [0.1, 0.15) is 34.1 Å². The predicted octanol–water partition coefficient (Wildman–Crippen LogP) is 2.60. The van der Waals surface area contributed by atoms with Crippen LogP contribution in [0, 0.1) is 0 Å². The van der Waals surface area contributed by atoms with Gasteiger partial charge in [0.1, 0.15) is 5.75 Å². The lowest BCUT2D eigenvalue weighted by atomic mass is 10.3. The summed E-state index contributed by atoms with van der Waals surface area (Å²) in [6, 6.07) is 7.04. The molecule has 0 bridgehead atoms. The van der Waals surface area contributed by atoms with Crippen molar-refractivity contribution in [2.75, 3.05) is 17.8 Å². The maximum atomic E-state index is 12.2. The molecule has 6 heteroatoms. The van der Waals surface area contributed by atoms with Crippen LogP contribution in [0.3, 0.4) is 0 Å². The van der Waals surface area contributed by atoms with E-state index in [4.69, 9.17) is 4.74 Å². The molecule has 0 amide bonds. The first-order valence-electron chi connectivity index (χ1n) is 7.38. The molecule has 2 atom stereocenters. The molecule has 5 nitrogen and oxygen atoms in total. The van der Waals surface area contributed by atoms with Gasteiger partial charge in [-0.1, -0.05) is 19.9 Å². The lowest BCUT2D eigenvalue weighted by molar-refractivity contribution is 0.217. The molecule has 1 rings (SSSR count). The Hall–Kier alpha value is -1.27. The lowest BCUT2D eigenvalue weighted by Crippen LogP contribution is -2.34. The Kier molecular flexibility index (Phi) is 6.98. The van der Waals surface area contributed by atoms with Crippen molar-refractivity contribution < 1.29 is 13.2 Å². The van der Waals surface area contributed by atoms with Gasteiger partial charge in [-0.25, -0.2) is 8.42 Å². The molecule has 1 aromatic rings. The van der Waals surface area contributed by atoms with E-state index in [-0.39, 0.29) is 6.10 Å². The molecule has 0 aliphatic carbocycles. The number of sulfonamides is 1. The van der Waals surface area contributed by atoms with E-state index in [1.54, 1.807) is 25.1 Å². The molecule has 0 heterocycles. The van der Waals surface area contributed by atoms with Gasteiger partial charge >= 0.3 is 0 Å². The van der Waals surface area contributed by atoms with Crippen LogP contribution in [0.5, 0.6) is 5.75 Å². The zero-order chi connectivity index (χ0) is 15.9. The van der Waals surface area contributed by atoms with Gasteiger partial charge < -0.3 is 10.1 Å². The van der Waals surface area contributed by atoms with Crippen LogP contribution in [0.2, 0.25) is 0 Å². The summed E-state index contributed by atoms with van der Waals surface area (Å²) < 4.78 is 32.7. The third-order valence-corrected chi connectivity index (χ3v) is 4.96. The Balaban J connectivity index is 2.75. The Morgan fingerprint density at radius 2 is 1.95 bits per heavy atom. The zero-order valence-electron chi connectivity index (χ0n) is 13.2. The molecule has 21 heavy (non-hydrogen) atoms. The summed E-state index contributed by atoms with van der Waals surface area (Å²) in [5.74, 6) is 0.670. The third-order valence-electron chi connectivity index (χ3n) is 3.22. The minimum Gasteiger partial charge on any atom is -0.491 e. The highest BCUT2D eigenvalue weighted by Gasteiger charge is 2.20. The summed E-state index contributed by atoms with van der Waals surface area (Å²) in [4.78, 5) is 0. The molecule has 0 aliphatic rings. The smallest absolute Gasteiger partial charge is 0.236 e. The molecule has 2 unspecified atom stereocenters. The van der Waals surface area contributed by atoms with E-state index in [0.29, 0.717) is 18.0 Å². The standard InChI is InChI=1S/C15H26N2O3S/c1-5-12(3)20-15-9-7-8-14(10-15)17-21(18,19)13(4)11-16-6-2/h7-10,12-13,16-17H,5-6,11H2,1-4H3. The van der Waals surface area contributed by atoms with Crippen molar-refractivity contribution in [3.63, 3.8) is 0 Å². The van der Waals surface area contributed by atoms with Gasteiger partial charge in [0.2, 0.25) is 10.0 Å². The first kappa shape index (κ1) is 17.8. The first-order valence-corrected chi connectivity index (χ1v) is 8.92. The highest BCUT2D eigenvalue weighted by Crippen LogP contribution is 2.20. The first-order chi connectivity index (χ1) is 9.89. The summed E-state index contributed by atoms with van der Waals surface area (Å²) in [5, 5.41) is 2.54. The lowest BCUT2D eigenvalue weighted by Gasteiger charge is -2.17.